The van der Waals surface area contributed by atoms with Crippen molar-refractivity contribution < 1.29 is 14.3 Å². The molecule has 0 bridgehead atoms. The van der Waals surface area contributed by atoms with Crippen LogP contribution in [0, 0.1) is 0 Å². The monoisotopic (exact) mass is 447 g/mol. The Balaban J connectivity index is 1.77. The summed E-state index contributed by atoms with van der Waals surface area (Å²) in [6.07, 6.45) is 0.152. The van der Waals surface area contributed by atoms with E-state index in [1.807, 2.05) is 0 Å². The first kappa shape index (κ1) is 19.7. The number of aromatic nitrogens is 2. The molecule has 1 heterocycles. The molecule has 0 unspecified atom stereocenters. The zero-order valence-corrected chi connectivity index (χ0v) is 16.8. The van der Waals surface area contributed by atoms with E-state index in [-0.39, 0.29) is 18.9 Å². The Morgan fingerprint density at radius 1 is 1.04 bits per heavy atom. The Labute approximate surface area is 168 Å². The van der Waals surface area contributed by atoms with Gasteiger partial charge in [-0.2, -0.15) is 0 Å². The van der Waals surface area contributed by atoms with Crippen molar-refractivity contribution in [2.45, 2.75) is 13.0 Å². The molecule has 0 saturated heterocycles. The van der Waals surface area contributed by atoms with Crippen LogP contribution in [0.4, 0.5) is 0 Å². The lowest BCUT2D eigenvalue weighted by Gasteiger charge is -2.11. The van der Waals surface area contributed by atoms with Gasteiger partial charge in [0.05, 0.1) is 31.7 Å². The number of rotatable bonds is 6. The Morgan fingerprint density at radius 3 is 2.46 bits per heavy atom. The molecule has 9 heteroatoms. The number of carbonyl (C=O) groups excluding carboxylic acids is 1. The summed E-state index contributed by atoms with van der Waals surface area (Å²) in [6.45, 7) is 0.185. The molecule has 1 aromatic heterocycles. The van der Waals surface area contributed by atoms with Crippen LogP contribution in [-0.4, -0.2) is 30.1 Å². The summed E-state index contributed by atoms with van der Waals surface area (Å²) in [5, 5.41) is 2.82. The fraction of sp³-hybridized carbons (Fsp3) is 0.211. The van der Waals surface area contributed by atoms with E-state index < -0.39 is 11.1 Å². The van der Waals surface area contributed by atoms with Crippen molar-refractivity contribution in [1.29, 1.82) is 0 Å². The average Bonchev–Trinajstić information content (AvgIpc) is 2.67. The van der Waals surface area contributed by atoms with Crippen LogP contribution in [0.5, 0.6) is 11.5 Å². The van der Waals surface area contributed by atoms with Crippen LogP contribution in [-0.2, 0) is 17.8 Å². The lowest BCUT2D eigenvalue weighted by Crippen LogP contribution is -2.30. The number of ether oxygens (including phenoxy) is 2. The van der Waals surface area contributed by atoms with Crippen molar-refractivity contribution in [1.82, 2.24) is 15.3 Å². The molecule has 3 N–H and O–H groups in total. The van der Waals surface area contributed by atoms with Crippen LogP contribution in [0.25, 0.3) is 11.0 Å². The number of aromatic amines is 2. The van der Waals surface area contributed by atoms with Gasteiger partial charge in [0.15, 0.2) is 11.5 Å². The molecule has 28 heavy (non-hydrogen) atoms. The normalized spacial score (nSPS) is 10.7. The smallest absolute Gasteiger partial charge is 0.314 e. The highest BCUT2D eigenvalue weighted by molar-refractivity contribution is 9.10. The zero-order valence-electron chi connectivity index (χ0n) is 15.2. The summed E-state index contributed by atoms with van der Waals surface area (Å²) in [4.78, 5) is 40.6. The summed E-state index contributed by atoms with van der Waals surface area (Å²) >= 11 is 3.36. The minimum Gasteiger partial charge on any atom is -0.493 e. The maximum Gasteiger partial charge on any atom is 0.314 e. The van der Waals surface area contributed by atoms with Crippen molar-refractivity contribution in [3.8, 4) is 11.5 Å². The molecule has 0 aliphatic rings. The lowest BCUT2D eigenvalue weighted by atomic mass is 10.1. The summed E-state index contributed by atoms with van der Waals surface area (Å²) in [5.41, 5.74) is 0.912. The highest BCUT2D eigenvalue weighted by Gasteiger charge is 2.11. The molecule has 0 radical (unpaired) electrons. The number of carbonyl (C=O) groups is 1. The van der Waals surface area contributed by atoms with Crippen LogP contribution in [0.15, 0.2) is 44.4 Å². The molecular weight excluding hydrogens is 430 g/mol. The molecule has 1 amide bonds. The first-order chi connectivity index (χ1) is 13.4. The van der Waals surface area contributed by atoms with Gasteiger partial charge < -0.3 is 24.8 Å². The highest BCUT2D eigenvalue weighted by atomic mass is 79.9. The number of nitrogens with one attached hydrogen (secondary N) is 3. The maximum absolute atomic E-state index is 12.4. The predicted octanol–water partition coefficient (Wildman–Crippen LogP) is 1.85. The van der Waals surface area contributed by atoms with E-state index in [2.05, 4.69) is 31.2 Å². The van der Waals surface area contributed by atoms with Gasteiger partial charge in [-0.1, -0.05) is 22.0 Å². The molecule has 3 rings (SSSR count). The first-order valence-electron chi connectivity index (χ1n) is 8.33. The minimum absolute atomic E-state index is 0.152. The van der Waals surface area contributed by atoms with Gasteiger partial charge in [0.2, 0.25) is 5.91 Å². The SMILES string of the molecule is COc1ccc(CC(=O)NCc2cc(Br)cc3[nH]c(=O)c(=O)[nH]c23)cc1OC. The second-order valence-corrected chi connectivity index (χ2v) is 6.95. The summed E-state index contributed by atoms with van der Waals surface area (Å²) in [7, 11) is 3.08. The first-order valence-corrected chi connectivity index (χ1v) is 9.13. The Kier molecular flexibility index (Phi) is 5.84. The second kappa shape index (κ2) is 8.30. The van der Waals surface area contributed by atoms with Gasteiger partial charge in [0.25, 0.3) is 0 Å². The molecule has 3 aromatic rings. The molecule has 0 aliphatic heterocycles. The number of methoxy groups -OCH3 is 2. The summed E-state index contributed by atoms with van der Waals surface area (Å²) < 4.78 is 11.1. The van der Waals surface area contributed by atoms with Crippen molar-refractivity contribution in [2.75, 3.05) is 14.2 Å². The van der Waals surface area contributed by atoms with Gasteiger partial charge in [-0.25, -0.2) is 0 Å². The number of amides is 1. The Hall–Kier alpha value is -3.07. The van der Waals surface area contributed by atoms with E-state index in [0.29, 0.717) is 32.6 Å². The largest absolute Gasteiger partial charge is 0.493 e. The average molecular weight is 448 g/mol. The van der Waals surface area contributed by atoms with Crippen molar-refractivity contribution in [2.24, 2.45) is 0 Å². The van der Waals surface area contributed by atoms with Gasteiger partial charge in [-0.3, -0.25) is 14.4 Å². The van der Waals surface area contributed by atoms with Crippen LogP contribution in [0.1, 0.15) is 11.1 Å². The molecule has 0 aliphatic carbocycles. The molecule has 0 atom stereocenters. The maximum atomic E-state index is 12.4. The second-order valence-electron chi connectivity index (χ2n) is 6.04. The quantitative estimate of drug-likeness (QED) is 0.499. The molecule has 0 spiro atoms. The number of fused-ring (bicyclic) bond motifs is 1. The van der Waals surface area contributed by atoms with Gasteiger partial charge in [-0.05, 0) is 35.4 Å². The molecule has 0 fully saturated rings. The van der Waals surface area contributed by atoms with Gasteiger partial charge in [-0.15, -0.1) is 0 Å². The van der Waals surface area contributed by atoms with Gasteiger partial charge in [0.1, 0.15) is 0 Å². The van der Waals surface area contributed by atoms with Gasteiger partial charge >= 0.3 is 11.1 Å². The molecule has 146 valence electrons. The van der Waals surface area contributed by atoms with Crippen LogP contribution < -0.4 is 25.9 Å². The van der Waals surface area contributed by atoms with Crippen molar-refractivity contribution in [3.63, 3.8) is 0 Å². The predicted molar refractivity (Wildman–Crippen MR) is 108 cm³/mol. The molecular formula is C19H18BrN3O5. The fourth-order valence-electron chi connectivity index (χ4n) is 2.83. The number of halogens is 1. The summed E-state index contributed by atoms with van der Waals surface area (Å²) in [5.74, 6) is 0.935. The third-order valence-corrected chi connectivity index (χ3v) is 4.62. The van der Waals surface area contributed by atoms with E-state index in [1.54, 1.807) is 37.4 Å². The third kappa shape index (κ3) is 4.25. The number of hydrogen-bond acceptors (Lipinski definition) is 5. The topological polar surface area (TPSA) is 113 Å². The molecule has 8 nitrogen and oxygen atoms in total. The standard InChI is InChI=1S/C19H18BrN3O5/c1-27-14-4-3-10(5-15(14)28-2)6-16(24)21-9-11-7-12(20)8-13-17(11)23-19(26)18(25)22-13/h3-5,7-8H,6,9H2,1-2H3,(H,21,24)(H,22,25)(H,23,26). The lowest BCUT2D eigenvalue weighted by molar-refractivity contribution is -0.120. The van der Waals surface area contributed by atoms with Crippen LogP contribution in [0.2, 0.25) is 0 Å². The highest BCUT2D eigenvalue weighted by Crippen LogP contribution is 2.27. The molecule has 0 saturated carbocycles. The number of benzene rings is 2. The molecule has 2 aromatic carbocycles. The van der Waals surface area contributed by atoms with E-state index in [0.717, 1.165) is 5.56 Å². The van der Waals surface area contributed by atoms with Crippen LogP contribution in [0.3, 0.4) is 0 Å². The minimum atomic E-state index is -0.743. The Bertz CT molecular complexity index is 1150. The van der Waals surface area contributed by atoms with Gasteiger partial charge in [0, 0.05) is 11.0 Å². The van der Waals surface area contributed by atoms with E-state index in [9.17, 15) is 14.4 Å². The van der Waals surface area contributed by atoms with E-state index >= 15 is 0 Å². The van der Waals surface area contributed by atoms with Crippen molar-refractivity contribution >= 4 is 32.9 Å². The number of H-pyrrole nitrogens is 2. The van der Waals surface area contributed by atoms with Crippen LogP contribution >= 0.6 is 15.9 Å². The van der Waals surface area contributed by atoms with E-state index in [1.165, 1.54) is 7.11 Å². The summed E-state index contributed by atoms with van der Waals surface area (Å²) in [6, 6.07) is 8.73. The zero-order chi connectivity index (χ0) is 20.3. The third-order valence-electron chi connectivity index (χ3n) is 4.17. The fourth-order valence-corrected chi connectivity index (χ4v) is 3.34. The van der Waals surface area contributed by atoms with E-state index in [4.69, 9.17) is 9.47 Å². The Morgan fingerprint density at radius 2 is 1.75 bits per heavy atom. The van der Waals surface area contributed by atoms with Crippen molar-refractivity contribution in [3.05, 3.63) is 66.6 Å². The number of hydrogen-bond donors (Lipinski definition) is 3.